The Hall–Kier alpha value is -5.34. The number of fused-ring (bicyclic) bond motifs is 9. The van der Waals surface area contributed by atoms with Crippen molar-refractivity contribution in [1.82, 2.24) is 0 Å². The molecule has 0 saturated carbocycles. The van der Waals surface area contributed by atoms with E-state index in [-0.39, 0.29) is 10.8 Å². The molecule has 8 aromatic rings. The van der Waals surface area contributed by atoms with Crippen molar-refractivity contribution >= 4 is 60.5 Å². The predicted octanol–water partition coefficient (Wildman–Crippen LogP) is 12.6. The van der Waals surface area contributed by atoms with Crippen LogP contribution in [-0.2, 0) is 10.8 Å². The van der Waals surface area contributed by atoms with E-state index < -0.39 is 0 Å². The summed E-state index contributed by atoms with van der Waals surface area (Å²) in [6.07, 6.45) is 0. The maximum absolute atomic E-state index is 6.35. The first-order valence-electron chi connectivity index (χ1n) is 16.2. The highest BCUT2D eigenvalue weighted by Gasteiger charge is 2.46. The maximum Gasteiger partial charge on any atom is 0.137 e. The van der Waals surface area contributed by atoms with Crippen molar-refractivity contribution in [3.8, 4) is 11.1 Å². The Morgan fingerprint density at radius 1 is 0.413 bits per heavy atom. The van der Waals surface area contributed by atoms with Crippen molar-refractivity contribution in [3.63, 3.8) is 0 Å². The van der Waals surface area contributed by atoms with E-state index in [4.69, 9.17) is 4.42 Å². The summed E-state index contributed by atoms with van der Waals surface area (Å²) in [4.78, 5) is 2.36. The average Bonchev–Trinajstić information content (AvgIpc) is 3.45. The zero-order chi connectivity index (χ0) is 31.2. The average molecular weight is 594 g/mol. The molecule has 2 heteroatoms. The monoisotopic (exact) mass is 593 g/mol. The van der Waals surface area contributed by atoms with Gasteiger partial charge < -0.3 is 9.32 Å². The fraction of sp³-hybridized carbons (Fsp3) is 0.136. The van der Waals surface area contributed by atoms with Gasteiger partial charge in [-0.25, -0.2) is 0 Å². The second kappa shape index (κ2) is 9.58. The number of benzene rings is 7. The molecule has 1 heterocycles. The summed E-state index contributed by atoms with van der Waals surface area (Å²) < 4.78 is 6.35. The van der Waals surface area contributed by atoms with Crippen LogP contribution in [0.15, 0.2) is 144 Å². The zero-order valence-corrected chi connectivity index (χ0v) is 26.6. The molecule has 46 heavy (non-hydrogen) atoms. The largest absolute Gasteiger partial charge is 0.456 e. The van der Waals surface area contributed by atoms with Gasteiger partial charge in [0.25, 0.3) is 0 Å². The lowest BCUT2D eigenvalue weighted by Crippen LogP contribution is -2.43. The Kier molecular flexibility index (Phi) is 5.63. The zero-order valence-electron chi connectivity index (χ0n) is 26.6. The Bertz CT molecular complexity index is 2480. The van der Waals surface area contributed by atoms with Gasteiger partial charge in [0.1, 0.15) is 11.2 Å². The lowest BCUT2D eigenvalue weighted by Gasteiger charge is -2.48. The fourth-order valence-corrected chi connectivity index (χ4v) is 7.79. The minimum atomic E-state index is -0.0802. The minimum Gasteiger partial charge on any atom is -0.456 e. The van der Waals surface area contributed by atoms with Gasteiger partial charge in [-0.3, -0.25) is 0 Å². The third-order valence-electron chi connectivity index (χ3n) is 11.0. The van der Waals surface area contributed by atoms with Gasteiger partial charge in [0, 0.05) is 33.9 Å². The Morgan fingerprint density at radius 2 is 1.04 bits per heavy atom. The van der Waals surface area contributed by atoms with E-state index >= 15 is 0 Å². The molecule has 0 unspecified atom stereocenters. The van der Waals surface area contributed by atoms with E-state index in [1.54, 1.807) is 0 Å². The second-order valence-corrected chi connectivity index (χ2v) is 13.8. The van der Waals surface area contributed by atoms with Crippen LogP contribution in [0.1, 0.15) is 38.8 Å². The molecule has 2 nitrogen and oxygen atoms in total. The molecule has 0 atom stereocenters. The second-order valence-electron chi connectivity index (χ2n) is 13.8. The molecule has 1 aliphatic rings. The molecule has 0 saturated heterocycles. The van der Waals surface area contributed by atoms with Gasteiger partial charge in [0.05, 0.1) is 0 Å². The molecule has 7 aromatic carbocycles. The maximum atomic E-state index is 6.35. The van der Waals surface area contributed by atoms with Crippen molar-refractivity contribution in [1.29, 1.82) is 0 Å². The van der Waals surface area contributed by atoms with Gasteiger partial charge in [-0.2, -0.15) is 0 Å². The molecule has 9 rings (SSSR count). The number of nitrogens with zero attached hydrogens (tertiary/aromatic N) is 1. The molecule has 0 aliphatic heterocycles. The van der Waals surface area contributed by atoms with Crippen LogP contribution in [0.3, 0.4) is 0 Å². The van der Waals surface area contributed by atoms with Crippen LogP contribution in [0.5, 0.6) is 0 Å². The van der Waals surface area contributed by atoms with Gasteiger partial charge in [-0.1, -0.05) is 107 Å². The first-order chi connectivity index (χ1) is 22.3. The number of hydrogen-bond acceptors (Lipinski definition) is 2. The lowest BCUT2D eigenvalue weighted by molar-refractivity contribution is 0.299. The minimum absolute atomic E-state index is 0.0673. The normalized spacial score (nSPS) is 14.9. The molecule has 1 aliphatic carbocycles. The summed E-state index contributed by atoms with van der Waals surface area (Å²) in [7, 11) is 0. The summed E-state index contributed by atoms with van der Waals surface area (Å²) in [5.74, 6) is 0. The van der Waals surface area contributed by atoms with E-state index in [2.05, 4.69) is 160 Å². The topological polar surface area (TPSA) is 16.4 Å². The van der Waals surface area contributed by atoms with E-state index in [0.717, 1.165) is 39.0 Å². The number of hydrogen-bond donors (Lipinski definition) is 0. The molecule has 0 spiro atoms. The standard InChI is InChI=1S/C44H35NO/c1-43(2)39-23-21-31(25-37(39)38-27-36-29(24-40(38)44(43,3)4)19-18-28-12-8-9-15-33(28)36)45(30-13-6-5-7-14-30)32-20-22-35-34-16-10-11-17-41(34)46-42(35)26-32/h5-27H,1-4H3. The van der Waals surface area contributed by atoms with Gasteiger partial charge >= 0.3 is 0 Å². The van der Waals surface area contributed by atoms with Crippen LogP contribution in [0.25, 0.3) is 54.6 Å². The number of furan rings is 1. The van der Waals surface area contributed by atoms with Crippen molar-refractivity contribution in [2.24, 2.45) is 0 Å². The van der Waals surface area contributed by atoms with Crippen molar-refractivity contribution in [2.45, 2.75) is 38.5 Å². The molecule has 0 bridgehead atoms. The molecule has 0 radical (unpaired) electrons. The predicted molar refractivity (Wildman–Crippen MR) is 195 cm³/mol. The summed E-state index contributed by atoms with van der Waals surface area (Å²) in [5.41, 5.74) is 10.4. The summed E-state index contributed by atoms with van der Waals surface area (Å²) in [5, 5.41) is 7.45. The number of rotatable bonds is 3. The van der Waals surface area contributed by atoms with Gasteiger partial charge in [-0.05, 0) is 109 Å². The van der Waals surface area contributed by atoms with Crippen LogP contribution in [0.2, 0.25) is 0 Å². The Labute approximate surface area is 269 Å². The van der Waals surface area contributed by atoms with Gasteiger partial charge in [0.2, 0.25) is 0 Å². The van der Waals surface area contributed by atoms with Crippen LogP contribution in [0, 0.1) is 0 Å². The van der Waals surface area contributed by atoms with E-state index in [1.165, 1.54) is 43.8 Å². The van der Waals surface area contributed by atoms with Crippen LogP contribution >= 0.6 is 0 Å². The number of anilines is 3. The molecule has 0 fully saturated rings. The first kappa shape index (κ1) is 27.0. The molecular weight excluding hydrogens is 558 g/mol. The van der Waals surface area contributed by atoms with E-state index in [1.807, 2.05) is 12.1 Å². The Morgan fingerprint density at radius 3 is 1.89 bits per heavy atom. The van der Waals surface area contributed by atoms with E-state index in [0.29, 0.717) is 0 Å². The molecule has 0 amide bonds. The highest BCUT2D eigenvalue weighted by Crippen LogP contribution is 2.56. The lowest BCUT2D eigenvalue weighted by atomic mass is 9.55. The van der Waals surface area contributed by atoms with Crippen molar-refractivity contribution < 1.29 is 4.42 Å². The van der Waals surface area contributed by atoms with Crippen molar-refractivity contribution in [3.05, 3.63) is 151 Å². The van der Waals surface area contributed by atoms with Crippen LogP contribution < -0.4 is 4.90 Å². The SMILES string of the molecule is CC1(C)c2ccc(N(c3ccccc3)c3ccc4c(c3)oc3ccccc34)cc2-c2cc3c(ccc4ccccc43)cc2C1(C)C. The smallest absolute Gasteiger partial charge is 0.137 e. The molecule has 1 aromatic heterocycles. The van der Waals surface area contributed by atoms with E-state index in [9.17, 15) is 0 Å². The summed E-state index contributed by atoms with van der Waals surface area (Å²) in [6, 6.07) is 50.8. The quantitative estimate of drug-likeness (QED) is 0.189. The molecule has 222 valence electrons. The van der Waals surface area contributed by atoms with Crippen LogP contribution in [0.4, 0.5) is 17.1 Å². The molecule has 0 N–H and O–H groups in total. The molecular formula is C44H35NO. The van der Waals surface area contributed by atoms with Crippen molar-refractivity contribution in [2.75, 3.05) is 4.90 Å². The highest BCUT2D eigenvalue weighted by molar-refractivity contribution is 6.10. The summed E-state index contributed by atoms with van der Waals surface area (Å²) >= 11 is 0. The highest BCUT2D eigenvalue weighted by atomic mass is 16.3. The number of para-hydroxylation sites is 2. The van der Waals surface area contributed by atoms with Gasteiger partial charge in [0.15, 0.2) is 0 Å². The summed E-state index contributed by atoms with van der Waals surface area (Å²) in [6.45, 7) is 9.63. The third-order valence-corrected chi connectivity index (χ3v) is 11.0. The third kappa shape index (κ3) is 3.77. The first-order valence-corrected chi connectivity index (χ1v) is 16.2. The fourth-order valence-electron chi connectivity index (χ4n) is 7.79. The Balaban J connectivity index is 1.30. The van der Waals surface area contributed by atoms with Gasteiger partial charge in [-0.15, -0.1) is 0 Å². The van der Waals surface area contributed by atoms with Crippen LogP contribution in [-0.4, -0.2) is 0 Å².